The van der Waals surface area contributed by atoms with Gasteiger partial charge >= 0.3 is 0 Å². The van der Waals surface area contributed by atoms with Gasteiger partial charge in [-0.05, 0) is 49.3 Å². The summed E-state index contributed by atoms with van der Waals surface area (Å²) in [5.41, 5.74) is 9.01. The standard InChI is InChI=1S/C14H22N2/c1-11-4-3-7-14(15,8-5-11)13-10-16-9-6-12(13)2/h6,9-11H,3-5,7-8,15H2,1-2H3. The van der Waals surface area contributed by atoms with Crippen LogP contribution < -0.4 is 5.73 Å². The summed E-state index contributed by atoms with van der Waals surface area (Å²) in [5, 5.41) is 0. The Morgan fingerprint density at radius 2 is 2.19 bits per heavy atom. The maximum Gasteiger partial charge on any atom is 0.0427 e. The lowest BCUT2D eigenvalue weighted by atomic mass is 9.82. The summed E-state index contributed by atoms with van der Waals surface area (Å²) in [4.78, 5) is 4.24. The number of aryl methyl sites for hydroxylation is 1. The SMILES string of the molecule is Cc1ccncc1C1(N)CCCC(C)CC1. The summed E-state index contributed by atoms with van der Waals surface area (Å²) in [6, 6.07) is 2.07. The molecule has 88 valence electrons. The Morgan fingerprint density at radius 1 is 1.38 bits per heavy atom. The average Bonchev–Trinajstić information content (AvgIpc) is 2.43. The van der Waals surface area contributed by atoms with Gasteiger partial charge in [-0.1, -0.05) is 19.8 Å². The van der Waals surface area contributed by atoms with Crippen molar-refractivity contribution in [3.63, 3.8) is 0 Å². The third-order valence-electron chi connectivity index (χ3n) is 3.98. The zero-order chi connectivity index (χ0) is 11.6. The Bertz CT molecular complexity index is 362. The van der Waals surface area contributed by atoms with E-state index in [1.165, 1.54) is 30.4 Å². The van der Waals surface area contributed by atoms with Gasteiger partial charge in [-0.2, -0.15) is 0 Å². The van der Waals surface area contributed by atoms with Gasteiger partial charge in [-0.3, -0.25) is 4.98 Å². The van der Waals surface area contributed by atoms with Gasteiger partial charge in [0.1, 0.15) is 0 Å². The van der Waals surface area contributed by atoms with E-state index in [2.05, 4.69) is 24.9 Å². The summed E-state index contributed by atoms with van der Waals surface area (Å²) in [6.45, 7) is 4.47. The average molecular weight is 218 g/mol. The van der Waals surface area contributed by atoms with Gasteiger partial charge in [-0.15, -0.1) is 0 Å². The fourth-order valence-corrected chi connectivity index (χ4v) is 2.79. The molecule has 2 N–H and O–H groups in total. The molecular weight excluding hydrogens is 196 g/mol. The minimum Gasteiger partial charge on any atom is -0.321 e. The van der Waals surface area contributed by atoms with Gasteiger partial charge in [-0.25, -0.2) is 0 Å². The largest absolute Gasteiger partial charge is 0.321 e. The minimum atomic E-state index is -0.136. The van der Waals surface area contributed by atoms with Crippen molar-refractivity contribution in [1.82, 2.24) is 4.98 Å². The lowest BCUT2D eigenvalue weighted by molar-refractivity contribution is 0.375. The highest BCUT2D eigenvalue weighted by Gasteiger charge is 2.31. The third kappa shape index (κ3) is 2.27. The predicted molar refractivity (Wildman–Crippen MR) is 67.1 cm³/mol. The van der Waals surface area contributed by atoms with Crippen molar-refractivity contribution in [2.75, 3.05) is 0 Å². The van der Waals surface area contributed by atoms with Crippen molar-refractivity contribution in [3.8, 4) is 0 Å². The predicted octanol–water partition coefficient (Wildman–Crippen LogP) is 3.14. The lowest BCUT2D eigenvalue weighted by Crippen LogP contribution is -2.37. The van der Waals surface area contributed by atoms with E-state index >= 15 is 0 Å². The molecule has 2 nitrogen and oxygen atoms in total. The second-order valence-corrected chi connectivity index (χ2v) is 5.38. The number of aromatic nitrogens is 1. The van der Waals surface area contributed by atoms with E-state index < -0.39 is 0 Å². The number of nitrogens with two attached hydrogens (primary N) is 1. The fourth-order valence-electron chi connectivity index (χ4n) is 2.79. The van der Waals surface area contributed by atoms with Crippen LogP contribution in [0.25, 0.3) is 0 Å². The molecule has 2 heteroatoms. The van der Waals surface area contributed by atoms with Gasteiger partial charge in [0.2, 0.25) is 0 Å². The van der Waals surface area contributed by atoms with E-state index in [0.29, 0.717) is 0 Å². The smallest absolute Gasteiger partial charge is 0.0427 e. The van der Waals surface area contributed by atoms with E-state index in [4.69, 9.17) is 5.73 Å². The second kappa shape index (κ2) is 4.54. The van der Waals surface area contributed by atoms with Crippen molar-refractivity contribution >= 4 is 0 Å². The van der Waals surface area contributed by atoms with E-state index in [1.54, 1.807) is 0 Å². The van der Waals surface area contributed by atoms with Crippen LogP contribution in [-0.2, 0) is 5.54 Å². The van der Waals surface area contributed by atoms with Crippen LogP contribution >= 0.6 is 0 Å². The summed E-state index contributed by atoms with van der Waals surface area (Å²) in [7, 11) is 0. The highest BCUT2D eigenvalue weighted by Crippen LogP contribution is 2.36. The Labute approximate surface area is 98.3 Å². The zero-order valence-electron chi connectivity index (χ0n) is 10.4. The number of rotatable bonds is 1. The molecule has 1 aliphatic carbocycles. The van der Waals surface area contributed by atoms with Crippen LogP contribution in [0.1, 0.15) is 50.2 Å². The molecule has 1 saturated carbocycles. The first-order valence-corrected chi connectivity index (χ1v) is 6.32. The van der Waals surface area contributed by atoms with E-state index in [0.717, 1.165) is 18.8 Å². The Morgan fingerprint density at radius 3 is 2.94 bits per heavy atom. The molecule has 16 heavy (non-hydrogen) atoms. The van der Waals surface area contributed by atoms with Gasteiger partial charge in [0.05, 0.1) is 0 Å². The molecule has 2 unspecified atom stereocenters. The second-order valence-electron chi connectivity index (χ2n) is 5.38. The zero-order valence-corrected chi connectivity index (χ0v) is 10.4. The van der Waals surface area contributed by atoms with Gasteiger partial charge in [0.15, 0.2) is 0 Å². The molecule has 2 rings (SSSR count). The van der Waals surface area contributed by atoms with Crippen LogP contribution in [0.2, 0.25) is 0 Å². The number of hydrogen-bond acceptors (Lipinski definition) is 2. The molecule has 1 aromatic heterocycles. The lowest BCUT2D eigenvalue weighted by Gasteiger charge is -2.29. The molecule has 0 amide bonds. The number of nitrogens with zero attached hydrogens (tertiary/aromatic N) is 1. The Hall–Kier alpha value is -0.890. The molecule has 1 fully saturated rings. The van der Waals surface area contributed by atoms with Crippen LogP contribution in [0.15, 0.2) is 18.5 Å². The van der Waals surface area contributed by atoms with Crippen molar-refractivity contribution in [2.45, 2.75) is 51.5 Å². The molecule has 1 aliphatic rings. The van der Waals surface area contributed by atoms with Crippen LogP contribution in [0.5, 0.6) is 0 Å². The van der Waals surface area contributed by atoms with Crippen molar-refractivity contribution < 1.29 is 0 Å². The van der Waals surface area contributed by atoms with Gasteiger partial charge in [0.25, 0.3) is 0 Å². The molecule has 0 spiro atoms. The molecule has 2 atom stereocenters. The van der Waals surface area contributed by atoms with Crippen LogP contribution in [0.3, 0.4) is 0 Å². The molecular formula is C14H22N2. The van der Waals surface area contributed by atoms with E-state index in [1.807, 2.05) is 12.4 Å². The maximum atomic E-state index is 6.60. The normalized spacial score (nSPS) is 31.1. The highest BCUT2D eigenvalue weighted by molar-refractivity contribution is 5.29. The Kier molecular flexibility index (Phi) is 3.29. The van der Waals surface area contributed by atoms with Crippen molar-refractivity contribution in [1.29, 1.82) is 0 Å². The molecule has 0 saturated heterocycles. The molecule has 0 bridgehead atoms. The fraction of sp³-hybridized carbons (Fsp3) is 0.643. The number of pyridine rings is 1. The quantitative estimate of drug-likeness (QED) is 0.735. The van der Waals surface area contributed by atoms with Crippen LogP contribution in [0.4, 0.5) is 0 Å². The number of hydrogen-bond donors (Lipinski definition) is 1. The summed E-state index contributed by atoms with van der Waals surface area (Å²) >= 11 is 0. The minimum absolute atomic E-state index is 0.136. The molecule has 0 aliphatic heterocycles. The van der Waals surface area contributed by atoms with Crippen LogP contribution in [-0.4, -0.2) is 4.98 Å². The first-order valence-electron chi connectivity index (χ1n) is 6.32. The van der Waals surface area contributed by atoms with E-state index in [9.17, 15) is 0 Å². The monoisotopic (exact) mass is 218 g/mol. The molecule has 0 aromatic carbocycles. The van der Waals surface area contributed by atoms with Crippen LogP contribution in [0, 0.1) is 12.8 Å². The first-order chi connectivity index (χ1) is 7.62. The van der Waals surface area contributed by atoms with Crippen molar-refractivity contribution in [2.24, 2.45) is 11.7 Å². The summed E-state index contributed by atoms with van der Waals surface area (Å²) in [5.74, 6) is 0.822. The molecule has 1 heterocycles. The molecule has 0 radical (unpaired) electrons. The Balaban J connectivity index is 2.27. The van der Waals surface area contributed by atoms with Gasteiger partial charge < -0.3 is 5.73 Å². The van der Waals surface area contributed by atoms with E-state index in [-0.39, 0.29) is 5.54 Å². The third-order valence-corrected chi connectivity index (χ3v) is 3.98. The topological polar surface area (TPSA) is 38.9 Å². The van der Waals surface area contributed by atoms with Crippen molar-refractivity contribution in [3.05, 3.63) is 29.6 Å². The molecule has 1 aromatic rings. The maximum absolute atomic E-state index is 6.60. The van der Waals surface area contributed by atoms with Gasteiger partial charge in [0, 0.05) is 17.9 Å². The summed E-state index contributed by atoms with van der Waals surface area (Å²) < 4.78 is 0. The highest BCUT2D eigenvalue weighted by atomic mass is 14.8. The summed E-state index contributed by atoms with van der Waals surface area (Å²) in [6.07, 6.45) is 9.81. The first kappa shape index (κ1) is 11.6.